The predicted octanol–water partition coefficient (Wildman–Crippen LogP) is 1.15. The van der Waals surface area contributed by atoms with Gasteiger partial charge in [0.05, 0.1) is 13.2 Å². The first kappa shape index (κ1) is 13.4. The minimum Gasteiger partial charge on any atom is -0.445 e. The molecule has 108 valence electrons. The van der Waals surface area contributed by atoms with Gasteiger partial charge in [0.15, 0.2) is 0 Å². The lowest BCUT2D eigenvalue weighted by atomic mass is 9.83. The lowest BCUT2D eigenvalue weighted by molar-refractivity contribution is -0.0270. The Hall–Kier alpha value is -1.59. The van der Waals surface area contributed by atoms with Gasteiger partial charge in [0.1, 0.15) is 6.61 Å². The fourth-order valence-corrected chi connectivity index (χ4v) is 2.93. The van der Waals surface area contributed by atoms with Crippen LogP contribution in [-0.4, -0.2) is 38.4 Å². The number of hydrogen-bond donors (Lipinski definition) is 2. The summed E-state index contributed by atoms with van der Waals surface area (Å²) in [7, 11) is 0. The maximum Gasteiger partial charge on any atom is 0.407 e. The maximum atomic E-state index is 11.9. The number of carbonyl (C=O) groups is 1. The highest BCUT2D eigenvalue weighted by molar-refractivity contribution is 5.67. The van der Waals surface area contributed by atoms with Crippen molar-refractivity contribution in [3.05, 3.63) is 35.9 Å². The molecule has 0 aromatic heterocycles. The molecule has 5 nitrogen and oxygen atoms in total. The Balaban J connectivity index is 1.51. The van der Waals surface area contributed by atoms with Crippen molar-refractivity contribution in [1.29, 1.82) is 0 Å². The van der Waals surface area contributed by atoms with Crippen LogP contribution in [0.3, 0.4) is 0 Å². The molecule has 0 radical (unpaired) electrons. The highest BCUT2D eigenvalue weighted by atomic mass is 16.5. The lowest BCUT2D eigenvalue weighted by Gasteiger charge is -2.42. The van der Waals surface area contributed by atoms with Gasteiger partial charge >= 0.3 is 6.09 Å². The van der Waals surface area contributed by atoms with Gasteiger partial charge in [-0.1, -0.05) is 30.3 Å². The van der Waals surface area contributed by atoms with Gasteiger partial charge in [0.25, 0.3) is 0 Å². The van der Waals surface area contributed by atoms with E-state index in [1.165, 1.54) is 0 Å². The molecule has 2 aliphatic heterocycles. The number of ether oxygens (including phenoxy) is 2. The molecule has 2 fully saturated rings. The average Bonchev–Trinajstić information content (AvgIpc) is 2.46. The van der Waals surface area contributed by atoms with E-state index in [1.807, 2.05) is 30.3 Å². The summed E-state index contributed by atoms with van der Waals surface area (Å²) in [6.07, 6.45) is -0.336. The second-order valence-electron chi connectivity index (χ2n) is 5.45. The van der Waals surface area contributed by atoms with E-state index < -0.39 is 0 Å². The van der Waals surface area contributed by atoms with Gasteiger partial charge in [0.2, 0.25) is 0 Å². The van der Waals surface area contributed by atoms with E-state index in [2.05, 4.69) is 10.6 Å². The van der Waals surface area contributed by atoms with E-state index in [0.29, 0.717) is 31.7 Å². The van der Waals surface area contributed by atoms with Crippen LogP contribution in [0.25, 0.3) is 0 Å². The van der Waals surface area contributed by atoms with Crippen LogP contribution in [0.2, 0.25) is 0 Å². The monoisotopic (exact) mass is 276 g/mol. The molecular weight excluding hydrogens is 256 g/mol. The van der Waals surface area contributed by atoms with Crippen molar-refractivity contribution in [2.24, 2.45) is 11.8 Å². The summed E-state index contributed by atoms with van der Waals surface area (Å²) in [4.78, 5) is 11.9. The van der Waals surface area contributed by atoms with E-state index in [1.54, 1.807) is 0 Å². The van der Waals surface area contributed by atoms with E-state index in [9.17, 15) is 4.79 Å². The summed E-state index contributed by atoms with van der Waals surface area (Å²) in [6, 6.07) is 9.87. The van der Waals surface area contributed by atoms with Gasteiger partial charge in [0, 0.05) is 31.0 Å². The summed E-state index contributed by atoms with van der Waals surface area (Å²) >= 11 is 0. The number of rotatable bonds is 3. The number of alkyl carbamates (subject to hydrolysis) is 1. The molecule has 3 rings (SSSR count). The fourth-order valence-electron chi connectivity index (χ4n) is 2.93. The standard InChI is InChI=1S/C15H20N2O3/c18-15(20-8-11-4-2-1-3-5-11)17-14-12-6-16-7-13(14)10-19-9-12/h1-5,12-14,16H,6-10H2,(H,17,18). The zero-order valence-corrected chi connectivity index (χ0v) is 11.4. The maximum absolute atomic E-state index is 11.9. The zero-order chi connectivity index (χ0) is 13.8. The molecular formula is C15H20N2O3. The quantitative estimate of drug-likeness (QED) is 0.869. The molecule has 2 heterocycles. The number of hydrogen-bond acceptors (Lipinski definition) is 4. The Morgan fingerprint density at radius 2 is 1.95 bits per heavy atom. The van der Waals surface area contributed by atoms with Crippen molar-refractivity contribution in [1.82, 2.24) is 10.6 Å². The van der Waals surface area contributed by atoms with E-state index >= 15 is 0 Å². The van der Waals surface area contributed by atoms with Crippen molar-refractivity contribution in [2.45, 2.75) is 12.6 Å². The molecule has 2 bridgehead atoms. The summed E-state index contributed by atoms with van der Waals surface area (Å²) in [6.45, 7) is 3.49. The Morgan fingerprint density at radius 3 is 2.65 bits per heavy atom. The molecule has 1 aromatic carbocycles. The van der Waals surface area contributed by atoms with Gasteiger partial charge in [-0.15, -0.1) is 0 Å². The van der Waals surface area contributed by atoms with Crippen molar-refractivity contribution < 1.29 is 14.3 Å². The van der Waals surface area contributed by atoms with Crippen LogP contribution in [0.4, 0.5) is 4.79 Å². The SMILES string of the molecule is O=C(NC1C2CNCC1COC2)OCc1ccccc1. The largest absolute Gasteiger partial charge is 0.445 e. The van der Waals surface area contributed by atoms with Crippen LogP contribution in [0.15, 0.2) is 30.3 Å². The topological polar surface area (TPSA) is 59.6 Å². The molecule has 0 saturated carbocycles. The number of amides is 1. The fraction of sp³-hybridized carbons (Fsp3) is 0.533. The molecule has 0 spiro atoms. The third kappa shape index (κ3) is 3.11. The van der Waals surface area contributed by atoms with Crippen LogP contribution in [0.1, 0.15) is 5.56 Å². The van der Waals surface area contributed by atoms with E-state index in [0.717, 1.165) is 18.7 Å². The number of piperidine rings is 1. The van der Waals surface area contributed by atoms with Gasteiger partial charge in [-0.2, -0.15) is 0 Å². The highest BCUT2D eigenvalue weighted by Crippen LogP contribution is 2.23. The summed E-state index contributed by atoms with van der Waals surface area (Å²) in [5.74, 6) is 0.679. The number of benzene rings is 1. The molecule has 1 amide bonds. The molecule has 2 unspecified atom stereocenters. The van der Waals surface area contributed by atoms with Crippen LogP contribution >= 0.6 is 0 Å². The smallest absolute Gasteiger partial charge is 0.407 e. The minimum absolute atomic E-state index is 0.160. The average molecular weight is 276 g/mol. The second kappa shape index (κ2) is 6.24. The minimum atomic E-state index is -0.336. The van der Waals surface area contributed by atoms with Crippen molar-refractivity contribution in [3.63, 3.8) is 0 Å². The van der Waals surface area contributed by atoms with Gasteiger partial charge in [-0.3, -0.25) is 0 Å². The summed E-state index contributed by atoms with van der Waals surface area (Å²) in [5, 5.41) is 6.39. The van der Waals surface area contributed by atoms with Gasteiger partial charge in [-0.05, 0) is 5.56 Å². The molecule has 1 aromatic rings. The van der Waals surface area contributed by atoms with E-state index in [-0.39, 0.29) is 12.1 Å². The van der Waals surface area contributed by atoms with Gasteiger partial charge in [-0.25, -0.2) is 4.79 Å². The Bertz CT molecular complexity index is 430. The first-order valence-electron chi connectivity index (χ1n) is 7.08. The van der Waals surface area contributed by atoms with Gasteiger partial charge < -0.3 is 20.1 Å². The normalized spacial score (nSPS) is 28.7. The first-order valence-corrected chi connectivity index (χ1v) is 7.08. The van der Waals surface area contributed by atoms with Crippen LogP contribution in [0, 0.1) is 11.8 Å². The summed E-state index contributed by atoms with van der Waals surface area (Å²) < 4.78 is 10.8. The third-order valence-corrected chi connectivity index (χ3v) is 3.99. The third-order valence-electron chi connectivity index (χ3n) is 3.99. The molecule has 2 atom stereocenters. The van der Waals surface area contributed by atoms with Crippen LogP contribution in [-0.2, 0) is 16.1 Å². The lowest BCUT2D eigenvalue weighted by Crippen LogP contribution is -2.60. The highest BCUT2D eigenvalue weighted by Gasteiger charge is 2.38. The second-order valence-corrected chi connectivity index (χ2v) is 5.45. The molecule has 5 heteroatoms. The Morgan fingerprint density at radius 1 is 1.25 bits per heavy atom. The summed E-state index contributed by atoms with van der Waals surface area (Å²) in [5.41, 5.74) is 0.997. The molecule has 20 heavy (non-hydrogen) atoms. The van der Waals surface area contributed by atoms with Crippen LogP contribution in [0.5, 0.6) is 0 Å². The molecule has 2 aliphatic rings. The number of carbonyl (C=O) groups excluding carboxylic acids is 1. The Labute approximate surface area is 118 Å². The molecule has 0 aliphatic carbocycles. The first-order chi connectivity index (χ1) is 9.83. The molecule has 2 saturated heterocycles. The van der Waals surface area contributed by atoms with E-state index in [4.69, 9.17) is 9.47 Å². The zero-order valence-electron chi connectivity index (χ0n) is 11.4. The van der Waals surface area contributed by atoms with Crippen molar-refractivity contribution in [3.8, 4) is 0 Å². The van der Waals surface area contributed by atoms with Crippen LogP contribution < -0.4 is 10.6 Å². The Kier molecular flexibility index (Phi) is 4.18. The number of nitrogens with one attached hydrogen (secondary N) is 2. The predicted molar refractivity (Wildman–Crippen MR) is 74.2 cm³/mol. The van der Waals surface area contributed by atoms with Crippen molar-refractivity contribution >= 4 is 6.09 Å². The number of fused-ring (bicyclic) bond motifs is 2. The molecule has 2 N–H and O–H groups in total. The van der Waals surface area contributed by atoms with Crippen molar-refractivity contribution in [2.75, 3.05) is 26.3 Å².